The van der Waals surface area contributed by atoms with E-state index in [1.807, 2.05) is 24.8 Å². The molecule has 1 fully saturated rings. The van der Waals surface area contributed by atoms with Crippen molar-refractivity contribution in [1.29, 1.82) is 0 Å². The molecule has 0 aliphatic carbocycles. The molecule has 0 N–H and O–H groups in total. The van der Waals surface area contributed by atoms with E-state index in [2.05, 4.69) is 14.9 Å². The largest absolute Gasteiger partial charge is 0.497 e. The predicted octanol–water partition coefficient (Wildman–Crippen LogP) is 2.07. The monoisotopic (exact) mass is 356 g/mol. The van der Waals surface area contributed by atoms with Gasteiger partial charge in [0.2, 0.25) is 5.95 Å². The first-order chi connectivity index (χ1) is 12.5. The number of nitrogens with zero attached hydrogens (tertiary/aromatic N) is 4. The first-order valence-electron chi connectivity index (χ1n) is 8.60. The van der Waals surface area contributed by atoms with Crippen LogP contribution in [0.25, 0.3) is 0 Å². The number of aryl methyl sites for hydroxylation is 2. The highest BCUT2D eigenvalue weighted by molar-refractivity contribution is 5.97. The fourth-order valence-electron chi connectivity index (χ4n) is 3.10. The van der Waals surface area contributed by atoms with Crippen molar-refractivity contribution >= 4 is 11.9 Å². The Morgan fingerprint density at radius 2 is 1.62 bits per heavy atom. The predicted molar refractivity (Wildman–Crippen MR) is 99.2 cm³/mol. The van der Waals surface area contributed by atoms with Crippen LogP contribution in [-0.4, -0.2) is 61.2 Å². The van der Waals surface area contributed by atoms with Gasteiger partial charge in [0.15, 0.2) is 0 Å². The molecule has 138 valence electrons. The van der Waals surface area contributed by atoms with Crippen molar-refractivity contribution in [1.82, 2.24) is 14.9 Å². The van der Waals surface area contributed by atoms with Gasteiger partial charge < -0.3 is 19.3 Å². The second kappa shape index (κ2) is 7.59. The average molecular weight is 356 g/mol. The number of rotatable bonds is 4. The van der Waals surface area contributed by atoms with Crippen molar-refractivity contribution in [2.45, 2.75) is 13.8 Å². The quantitative estimate of drug-likeness (QED) is 0.835. The Morgan fingerprint density at radius 3 is 2.19 bits per heavy atom. The zero-order valence-corrected chi connectivity index (χ0v) is 15.7. The topological polar surface area (TPSA) is 67.8 Å². The first kappa shape index (κ1) is 18.0. The number of hydrogen-bond acceptors (Lipinski definition) is 6. The van der Waals surface area contributed by atoms with Crippen molar-refractivity contribution in [2.75, 3.05) is 45.3 Å². The van der Waals surface area contributed by atoms with Gasteiger partial charge in [-0.3, -0.25) is 4.79 Å². The molecule has 0 saturated carbocycles. The highest BCUT2D eigenvalue weighted by Crippen LogP contribution is 2.26. The van der Waals surface area contributed by atoms with E-state index < -0.39 is 0 Å². The van der Waals surface area contributed by atoms with Crippen LogP contribution >= 0.6 is 0 Å². The minimum Gasteiger partial charge on any atom is -0.497 e. The zero-order chi connectivity index (χ0) is 18.7. The fraction of sp³-hybridized carbons (Fsp3) is 0.421. The zero-order valence-electron chi connectivity index (χ0n) is 15.7. The number of ether oxygens (including phenoxy) is 2. The lowest BCUT2D eigenvalue weighted by atomic mass is 10.1. The fourth-order valence-corrected chi connectivity index (χ4v) is 3.10. The summed E-state index contributed by atoms with van der Waals surface area (Å²) in [5.41, 5.74) is 2.45. The first-order valence-corrected chi connectivity index (χ1v) is 8.60. The summed E-state index contributed by atoms with van der Waals surface area (Å²) in [7, 11) is 3.14. The number of anilines is 1. The number of carbonyl (C=O) groups excluding carboxylic acids is 1. The number of hydrogen-bond donors (Lipinski definition) is 0. The Balaban J connectivity index is 1.70. The van der Waals surface area contributed by atoms with Crippen molar-refractivity contribution < 1.29 is 14.3 Å². The van der Waals surface area contributed by atoms with Crippen molar-refractivity contribution in [3.63, 3.8) is 0 Å². The van der Waals surface area contributed by atoms with E-state index >= 15 is 0 Å². The molecule has 0 radical (unpaired) electrons. The molecule has 1 amide bonds. The summed E-state index contributed by atoms with van der Waals surface area (Å²) in [5, 5.41) is 0. The number of piperazine rings is 1. The van der Waals surface area contributed by atoms with E-state index in [0.717, 1.165) is 17.3 Å². The van der Waals surface area contributed by atoms with Gasteiger partial charge in [-0.1, -0.05) is 0 Å². The Hall–Kier alpha value is -2.83. The summed E-state index contributed by atoms with van der Waals surface area (Å²) in [4.78, 5) is 25.9. The molecule has 7 heteroatoms. The number of aromatic nitrogens is 2. The summed E-state index contributed by atoms with van der Waals surface area (Å²) in [5.74, 6) is 1.88. The Bertz CT molecular complexity index is 781. The van der Waals surface area contributed by atoms with Crippen LogP contribution < -0.4 is 14.4 Å². The van der Waals surface area contributed by atoms with E-state index in [1.54, 1.807) is 32.4 Å². The molecule has 26 heavy (non-hydrogen) atoms. The summed E-state index contributed by atoms with van der Waals surface area (Å²) >= 11 is 0. The van der Waals surface area contributed by atoms with Gasteiger partial charge in [0, 0.05) is 43.6 Å². The van der Waals surface area contributed by atoms with Gasteiger partial charge in [0.05, 0.1) is 19.8 Å². The molecule has 3 rings (SSSR count). The lowest BCUT2D eigenvalue weighted by Gasteiger charge is -2.35. The smallest absolute Gasteiger partial charge is 0.257 e. The van der Waals surface area contributed by atoms with Crippen LogP contribution in [0.3, 0.4) is 0 Å². The molecule has 1 saturated heterocycles. The van der Waals surface area contributed by atoms with Crippen molar-refractivity contribution in [2.24, 2.45) is 0 Å². The van der Waals surface area contributed by atoms with Crippen LogP contribution in [0.5, 0.6) is 11.5 Å². The third kappa shape index (κ3) is 3.71. The standard InChI is InChI=1S/C19H24N4O3/c1-13-11-14(2)21-19(20-13)23-9-7-22(8-10-23)18(24)16-6-5-15(25-3)12-17(16)26-4/h5-6,11-12H,7-10H2,1-4H3. The van der Waals surface area contributed by atoms with E-state index in [-0.39, 0.29) is 5.91 Å². The molecule has 1 aliphatic rings. The van der Waals surface area contributed by atoms with E-state index in [4.69, 9.17) is 9.47 Å². The highest BCUT2D eigenvalue weighted by Gasteiger charge is 2.25. The second-order valence-corrected chi connectivity index (χ2v) is 6.30. The third-order valence-electron chi connectivity index (χ3n) is 4.46. The van der Waals surface area contributed by atoms with Crippen LogP contribution in [-0.2, 0) is 0 Å². The molecule has 1 aromatic carbocycles. The van der Waals surface area contributed by atoms with Crippen molar-refractivity contribution in [3.8, 4) is 11.5 Å². The molecular formula is C19H24N4O3. The summed E-state index contributed by atoms with van der Waals surface area (Å²) in [6.07, 6.45) is 0. The van der Waals surface area contributed by atoms with Gasteiger partial charge in [-0.05, 0) is 32.0 Å². The van der Waals surface area contributed by atoms with Gasteiger partial charge in [0.25, 0.3) is 5.91 Å². The normalized spacial score (nSPS) is 14.3. The molecular weight excluding hydrogens is 332 g/mol. The molecule has 0 atom stereocenters. The van der Waals surface area contributed by atoms with E-state index in [0.29, 0.717) is 43.2 Å². The summed E-state index contributed by atoms with van der Waals surface area (Å²) in [6, 6.07) is 7.21. The molecule has 2 aromatic rings. The molecule has 1 aromatic heterocycles. The number of benzene rings is 1. The van der Waals surface area contributed by atoms with Crippen molar-refractivity contribution in [3.05, 3.63) is 41.2 Å². The molecule has 2 heterocycles. The van der Waals surface area contributed by atoms with Gasteiger partial charge in [0.1, 0.15) is 11.5 Å². The molecule has 0 spiro atoms. The molecule has 0 unspecified atom stereocenters. The number of methoxy groups -OCH3 is 2. The Kier molecular flexibility index (Phi) is 5.25. The van der Waals surface area contributed by atoms with Crippen LogP contribution in [0.15, 0.2) is 24.3 Å². The maximum Gasteiger partial charge on any atom is 0.257 e. The SMILES string of the molecule is COc1ccc(C(=O)N2CCN(c3nc(C)cc(C)n3)CC2)c(OC)c1. The lowest BCUT2D eigenvalue weighted by molar-refractivity contribution is 0.0742. The summed E-state index contributed by atoms with van der Waals surface area (Å²) < 4.78 is 10.6. The minimum atomic E-state index is -0.0366. The van der Waals surface area contributed by atoms with Crippen LogP contribution in [0.1, 0.15) is 21.7 Å². The maximum absolute atomic E-state index is 12.9. The minimum absolute atomic E-state index is 0.0366. The highest BCUT2D eigenvalue weighted by atomic mass is 16.5. The molecule has 1 aliphatic heterocycles. The van der Waals surface area contributed by atoms with Gasteiger partial charge >= 0.3 is 0 Å². The molecule has 7 nitrogen and oxygen atoms in total. The lowest BCUT2D eigenvalue weighted by Crippen LogP contribution is -2.49. The van der Waals surface area contributed by atoms with E-state index in [9.17, 15) is 4.79 Å². The number of amides is 1. The van der Waals surface area contributed by atoms with Crippen LogP contribution in [0, 0.1) is 13.8 Å². The van der Waals surface area contributed by atoms with Crippen LogP contribution in [0.2, 0.25) is 0 Å². The Morgan fingerprint density at radius 1 is 0.962 bits per heavy atom. The van der Waals surface area contributed by atoms with Gasteiger partial charge in [-0.25, -0.2) is 9.97 Å². The number of carbonyl (C=O) groups is 1. The molecule has 0 bridgehead atoms. The van der Waals surface area contributed by atoms with Crippen LogP contribution in [0.4, 0.5) is 5.95 Å². The maximum atomic E-state index is 12.9. The second-order valence-electron chi connectivity index (χ2n) is 6.30. The third-order valence-corrected chi connectivity index (χ3v) is 4.46. The van der Waals surface area contributed by atoms with E-state index in [1.165, 1.54) is 0 Å². The Labute approximate surface area is 153 Å². The van der Waals surface area contributed by atoms with Gasteiger partial charge in [-0.15, -0.1) is 0 Å². The van der Waals surface area contributed by atoms with Gasteiger partial charge in [-0.2, -0.15) is 0 Å². The average Bonchev–Trinajstić information content (AvgIpc) is 2.66. The summed E-state index contributed by atoms with van der Waals surface area (Å²) in [6.45, 7) is 6.57.